The Morgan fingerprint density at radius 1 is 1.75 bits per heavy atom. The molecule has 0 saturated carbocycles. The van der Waals surface area contributed by atoms with Crippen LogP contribution >= 0.6 is 12.2 Å². The maximum Gasteiger partial charge on any atom is 0.280 e. The van der Waals surface area contributed by atoms with Crippen molar-refractivity contribution in [3.05, 3.63) is 21.3 Å². The van der Waals surface area contributed by atoms with Gasteiger partial charge in [-0.25, -0.2) is 0 Å². The molecule has 5 heteroatoms. The lowest BCUT2D eigenvalue weighted by atomic mass is 10.9. The SMILES string of the molecule is O=c1[c]n[nH]c(=S)[nH]1. The molecule has 0 unspecified atom stereocenters. The van der Waals surface area contributed by atoms with Gasteiger partial charge < -0.3 is 0 Å². The molecule has 0 saturated heterocycles. The van der Waals surface area contributed by atoms with Crippen LogP contribution in [0.3, 0.4) is 0 Å². The second kappa shape index (κ2) is 1.87. The van der Waals surface area contributed by atoms with E-state index in [4.69, 9.17) is 0 Å². The van der Waals surface area contributed by atoms with Crippen molar-refractivity contribution in [2.24, 2.45) is 0 Å². The van der Waals surface area contributed by atoms with Crippen LogP contribution in [0.2, 0.25) is 0 Å². The Bertz CT molecular complexity index is 249. The van der Waals surface area contributed by atoms with Crippen molar-refractivity contribution >= 4 is 12.2 Å². The van der Waals surface area contributed by atoms with Gasteiger partial charge in [0, 0.05) is 0 Å². The lowest BCUT2D eigenvalue weighted by Gasteiger charge is -1.76. The third-order valence-electron chi connectivity index (χ3n) is 0.542. The normalized spacial score (nSPS) is 9.00. The predicted octanol–water partition coefficient (Wildman–Crippen LogP) is -0.372. The van der Waals surface area contributed by atoms with Crippen LogP contribution in [-0.2, 0) is 0 Å². The fourth-order valence-electron chi connectivity index (χ4n) is 0.289. The lowest BCUT2D eigenvalue weighted by molar-refractivity contribution is 0.915. The van der Waals surface area contributed by atoms with Gasteiger partial charge in [-0.3, -0.25) is 14.9 Å². The van der Waals surface area contributed by atoms with E-state index in [0.717, 1.165) is 0 Å². The largest absolute Gasteiger partial charge is 0.296 e. The summed E-state index contributed by atoms with van der Waals surface area (Å²) in [4.78, 5) is 12.5. The second-order valence-electron chi connectivity index (χ2n) is 1.12. The highest BCUT2D eigenvalue weighted by atomic mass is 32.1. The summed E-state index contributed by atoms with van der Waals surface area (Å²) in [5.41, 5.74) is -0.409. The Hall–Kier alpha value is -0.970. The van der Waals surface area contributed by atoms with E-state index in [1.165, 1.54) is 0 Å². The Balaban J connectivity index is 3.50. The van der Waals surface area contributed by atoms with E-state index >= 15 is 0 Å². The van der Waals surface area contributed by atoms with Gasteiger partial charge in [0.15, 0.2) is 11.0 Å². The van der Waals surface area contributed by atoms with Gasteiger partial charge in [0.25, 0.3) is 5.56 Å². The first-order valence-corrected chi connectivity index (χ1v) is 2.26. The first-order valence-electron chi connectivity index (χ1n) is 1.86. The second-order valence-corrected chi connectivity index (χ2v) is 1.53. The van der Waals surface area contributed by atoms with Crippen LogP contribution in [0.15, 0.2) is 4.79 Å². The van der Waals surface area contributed by atoms with Crippen molar-refractivity contribution in [2.45, 2.75) is 0 Å². The minimum absolute atomic E-state index is 0.216. The van der Waals surface area contributed by atoms with Crippen molar-refractivity contribution in [2.75, 3.05) is 0 Å². The summed E-state index contributed by atoms with van der Waals surface area (Å²) in [6.07, 6.45) is 2.09. The molecule has 0 spiro atoms. The fourth-order valence-corrected chi connectivity index (χ4v) is 0.427. The van der Waals surface area contributed by atoms with E-state index in [0.29, 0.717) is 0 Å². The topological polar surface area (TPSA) is 61.5 Å². The van der Waals surface area contributed by atoms with E-state index in [9.17, 15) is 4.79 Å². The number of aromatic amines is 2. The molecule has 0 amide bonds. The molecule has 41 valence electrons. The van der Waals surface area contributed by atoms with Gasteiger partial charge in [-0.2, -0.15) is 5.10 Å². The number of hydrogen-bond acceptors (Lipinski definition) is 3. The monoisotopic (exact) mass is 128 g/mol. The molecule has 8 heavy (non-hydrogen) atoms. The zero-order valence-corrected chi connectivity index (χ0v) is 4.58. The van der Waals surface area contributed by atoms with E-state index in [1.54, 1.807) is 0 Å². The summed E-state index contributed by atoms with van der Waals surface area (Å²) in [6, 6.07) is 0. The van der Waals surface area contributed by atoms with E-state index in [2.05, 4.69) is 33.6 Å². The van der Waals surface area contributed by atoms with Crippen LogP contribution in [0.1, 0.15) is 0 Å². The van der Waals surface area contributed by atoms with E-state index in [1.807, 2.05) is 0 Å². The van der Waals surface area contributed by atoms with Crippen molar-refractivity contribution < 1.29 is 0 Å². The molecule has 2 N–H and O–H groups in total. The number of H-pyrrole nitrogens is 2. The predicted molar refractivity (Wildman–Crippen MR) is 28.9 cm³/mol. The van der Waals surface area contributed by atoms with Gasteiger partial charge >= 0.3 is 0 Å². The van der Waals surface area contributed by atoms with Crippen LogP contribution < -0.4 is 5.56 Å². The third-order valence-corrected chi connectivity index (χ3v) is 0.735. The zero-order valence-electron chi connectivity index (χ0n) is 3.76. The van der Waals surface area contributed by atoms with E-state index in [-0.39, 0.29) is 4.77 Å². The third kappa shape index (κ3) is 1.00. The molecule has 0 fully saturated rings. The standard InChI is InChI=1S/C3H2N3OS/c7-2-1-4-6-3(8)5-2/h(H2,5,6,7,8). The molecule has 0 bridgehead atoms. The molecule has 1 rings (SSSR count). The van der Waals surface area contributed by atoms with Crippen LogP contribution in [0.25, 0.3) is 0 Å². The summed E-state index contributed by atoms with van der Waals surface area (Å²) in [5.74, 6) is 0. The van der Waals surface area contributed by atoms with E-state index < -0.39 is 5.56 Å². The maximum absolute atomic E-state index is 10.2. The average molecular weight is 128 g/mol. The van der Waals surface area contributed by atoms with Gasteiger partial charge in [-0.1, -0.05) is 0 Å². The van der Waals surface area contributed by atoms with Crippen LogP contribution in [0.5, 0.6) is 0 Å². The molecule has 1 aromatic rings. The van der Waals surface area contributed by atoms with Crippen LogP contribution in [0, 0.1) is 11.0 Å². The number of nitrogens with one attached hydrogen (secondary N) is 2. The van der Waals surface area contributed by atoms with Crippen LogP contribution in [0.4, 0.5) is 0 Å². The zero-order chi connectivity index (χ0) is 5.98. The molecule has 1 radical (unpaired) electrons. The first-order chi connectivity index (χ1) is 3.79. The molecule has 1 aromatic heterocycles. The Morgan fingerprint density at radius 2 is 2.50 bits per heavy atom. The summed E-state index contributed by atoms with van der Waals surface area (Å²) in [6.45, 7) is 0. The summed E-state index contributed by atoms with van der Waals surface area (Å²) in [7, 11) is 0. The van der Waals surface area contributed by atoms with Gasteiger partial charge in [-0.15, -0.1) is 0 Å². The number of aromatic nitrogens is 3. The Kier molecular flexibility index (Phi) is 1.21. The molecule has 1 heterocycles. The summed E-state index contributed by atoms with van der Waals surface area (Å²) in [5, 5.41) is 5.61. The molecule has 4 nitrogen and oxygen atoms in total. The van der Waals surface area contributed by atoms with Crippen molar-refractivity contribution in [1.29, 1.82) is 0 Å². The fraction of sp³-hybridized carbons (Fsp3) is 0. The van der Waals surface area contributed by atoms with Gasteiger partial charge in [0.2, 0.25) is 0 Å². The Labute approximate surface area is 49.6 Å². The van der Waals surface area contributed by atoms with Gasteiger partial charge in [-0.05, 0) is 12.2 Å². The molecular weight excluding hydrogens is 126 g/mol. The summed E-state index contributed by atoms with van der Waals surface area (Å²) >= 11 is 4.51. The van der Waals surface area contributed by atoms with Gasteiger partial charge in [0.1, 0.15) is 0 Å². The maximum atomic E-state index is 10.2. The highest BCUT2D eigenvalue weighted by Crippen LogP contribution is 1.61. The quantitative estimate of drug-likeness (QED) is 0.468. The Morgan fingerprint density at radius 3 is 2.88 bits per heavy atom. The van der Waals surface area contributed by atoms with Crippen molar-refractivity contribution in [3.8, 4) is 0 Å². The average Bonchev–Trinajstić information content (AvgIpc) is 1.64. The highest BCUT2D eigenvalue weighted by Gasteiger charge is 1.77. The van der Waals surface area contributed by atoms with Gasteiger partial charge in [0.05, 0.1) is 0 Å². The van der Waals surface area contributed by atoms with Crippen LogP contribution in [-0.4, -0.2) is 15.2 Å². The molecule has 0 atom stereocenters. The molecule has 0 aromatic carbocycles. The molecule has 0 aliphatic carbocycles. The number of rotatable bonds is 0. The molecule has 0 aliphatic rings. The van der Waals surface area contributed by atoms with Crippen molar-refractivity contribution in [1.82, 2.24) is 15.2 Å². The number of nitrogens with zero attached hydrogens (tertiary/aromatic N) is 1. The number of hydrogen-bond donors (Lipinski definition) is 2. The highest BCUT2D eigenvalue weighted by molar-refractivity contribution is 7.71. The lowest BCUT2D eigenvalue weighted by Crippen LogP contribution is -2.06. The molecular formula is C3H2N3OS. The minimum Gasteiger partial charge on any atom is -0.296 e. The minimum atomic E-state index is -0.409. The smallest absolute Gasteiger partial charge is 0.280 e. The van der Waals surface area contributed by atoms with Crippen molar-refractivity contribution in [3.63, 3.8) is 0 Å². The first kappa shape index (κ1) is 5.17. The summed E-state index contributed by atoms with van der Waals surface area (Å²) < 4.78 is 0.216. The molecule has 0 aliphatic heterocycles.